The van der Waals surface area contributed by atoms with Gasteiger partial charge in [0.1, 0.15) is 0 Å². The van der Waals surface area contributed by atoms with Crippen molar-refractivity contribution >= 4 is 5.78 Å². The van der Waals surface area contributed by atoms with E-state index >= 15 is 0 Å². The maximum Gasteiger partial charge on any atom is 0.159 e. The molecule has 2 bridgehead atoms. The highest BCUT2D eigenvalue weighted by atomic mass is 16.1. The number of fused-ring (bicyclic) bond motifs is 2. The van der Waals surface area contributed by atoms with Gasteiger partial charge in [-0.05, 0) is 39.2 Å². The Morgan fingerprint density at radius 3 is 1.45 bits per heavy atom. The van der Waals surface area contributed by atoms with Crippen LogP contribution in [0.1, 0.15) is 18.1 Å². The molecule has 0 aromatic heterocycles. The average Bonchev–Trinajstić information content (AvgIpc) is 2.93. The SMILES string of the molecule is CN1CC2(c3ccccc3)CN(C3(C)CN(C)CCN(C)C3)CC(c3ccccc3)(C1)C2=O. The van der Waals surface area contributed by atoms with Gasteiger partial charge in [-0.1, -0.05) is 60.7 Å². The number of likely N-dealkylation sites (N-methyl/N-ethyl adjacent to an activating group) is 3. The minimum Gasteiger partial charge on any atom is -0.304 e. The highest BCUT2D eigenvalue weighted by Crippen LogP contribution is 2.47. The minimum atomic E-state index is -0.533. The number of nitrogens with zero attached hydrogens (tertiary/aromatic N) is 4. The van der Waals surface area contributed by atoms with E-state index < -0.39 is 10.8 Å². The Labute approximate surface area is 199 Å². The molecule has 3 fully saturated rings. The van der Waals surface area contributed by atoms with Crippen molar-refractivity contribution < 1.29 is 4.79 Å². The summed E-state index contributed by atoms with van der Waals surface area (Å²) in [4.78, 5) is 24.7. The molecule has 3 aliphatic heterocycles. The van der Waals surface area contributed by atoms with E-state index in [2.05, 4.69) is 108 Å². The molecule has 2 unspecified atom stereocenters. The summed E-state index contributed by atoms with van der Waals surface area (Å²) in [6, 6.07) is 21.1. The van der Waals surface area contributed by atoms with Crippen molar-refractivity contribution in [2.75, 3.05) is 73.5 Å². The van der Waals surface area contributed by atoms with Gasteiger partial charge in [0.2, 0.25) is 0 Å². The van der Waals surface area contributed by atoms with Gasteiger partial charge in [-0.25, -0.2) is 0 Å². The summed E-state index contributed by atoms with van der Waals surface area (Å²) < 4.78 is 0. The lowest BCUT2D eigenvalue weighted by atomic mass is 9.57. The number of hydrogen-bond donors (Lipinski definition) is 0. The van der Waals surface area contributed by atoms with Crippen molar-refractivity contribution in [2.24, 2.45) is 0 Å². The van der Waals surface area contributed by atoms with E-state index in [0.717, 1.165) is 63.5 Å². The number of rotatable bonds is 3. The van der Waals surface area contributed by atoms with Gasteiger partial charge in [-0.3, -0.25) is 9.69 Å². The molecule has 33 heavy (non-hydrogen) atoms. The normalized spacial score (nSPS) is 31.9. The molecule has 176 valence electrons. The van der Waals surface area contributed by atoms with Crippen LogP contribution in [-0.4, -0.2) is 104 Å². The largest absolute Gasteiger partial charge is 0.304 e. The molecule has 0 saturated carbocycles. The summed E-state index contributed by atoms with van der Waals surface area (Å²) in [7, 11) is 6.66. The Bertz CT molecular complexity index is 922. The fourth-order valence-corrected chi connectivity index (χ4v) is 6.97. The second-order valence-corrected chi connectivity index (χ2v) is 11.2. The molecule has 5 heteroatoms. The van der Waals surface area contributed by atoms with Gasteiger partial charge in [0.05, 0.1) is 10.8 Å². The van der Waals surface area contributed by atoms with Crippen molar-refractivity contribution in [1.29, 1.82) is 0 Å². The highest BCUT2D eigenvalue weighted by Gasteiger charge is 2.62. The monoisotopic (exact) mass is 446 g/mol. The molecule has 5 rings (SSSR count). The van der Waals surface area contributed by atoms with E-state index in [4.69, 9.17) is 0 Å². The second-order valence-electron chi connectivity index (χ2n) is 11.2. The van der Waals surface area contributed by atoms with E-state index in [9.17, 15) is 4.79 Å². The van der Waals surface area contributed by atoms with Gasteiger partial charge in [0.25, 0.3) is 0 Å². The Kier molecular flexibility index (Phi) is 5.73. The standard InChI is InChI=1S/C28H38N4O/c1-26(17-29(2)15-16-30(3)18-26)32-21-27(23-11-7-5-8-12-23)19-31(4)20-28(22-32,25(27)33)24-13-9-6-10-14-24/h5-14H,15-22H2,1-4H3. The number of ketones is 1. The molecular formula is C28H38N4O. The van der Waals surface area contributed by atoms with Gasteiger partial charge >= 0.3 is 0 Å². The maximum absolute atomic E-state index is 14.7. The van der Waals surface area contributed by atoms with Crippen LogP contribution < -0.4 is 0 Å². The molecule has 2 aromatic carbocycles. The average molecular weight is 447 g/mol. The Balaban J connectivity index is 1.68. The number of carbonyl (C=O) groups excluding carboxylic acids is 1. The topological polar surface area (TPSA) is 30.0 Å². The predicted octanol–water partition coefficient (Wildman–Crippen LogP) is 2.33. The molecule has 0 amide bonds. The molecule has 3 aliphatic rings. The number of benzene rings is 2. The minimum absolute atomic E-state index is 0.0311. The third-order valence-electron chi connectivity index (χ3n) is 8.37. The smallest absolute Gasteiger partial charge is 0.159 e. The van der Waals surface area contributed by atoms with E-state index in [1.165, 1.54) is 0 Å². The van der Waals surface area contributed by atoms with Crippen LogP contribution in [0, 0.1) is 0 Å². The van der Waals surface area contributed by atoms with Crippen LogP contribution in [0.25, 0.3) is 0 Å². The lowest BCUT2D eigenvalue weighted by Gasteiger charge is -2.60. The Morgan fingerprint density at radius 2 is 1.03 bits per heavy atom. The molecule has 3 saturated heterocycles. The maximum atomic E-state index is 14.7. The molecule has 2 atom stereocenters. The number of hydrogen-bond acceptors (Lipinski definition) is 5. The van der Waals surface area contributed by atoms with Crippen LogP contribution in [0.2, 0.25) is 0 Å². The van der Waals surface area contributed by atoms with Gasteiger partial charge in [0.15, 0.2) is 5.78 Å². The van der Waals surface area contributed by atoms with Crippen LogP contribution >= 0.6 is 0 Å². The molecular weight excluding hydrogens is 408 g/mol. The van der Waals surface area contributed by atoms with Gasteiger partial charge in [0, 0.05) is 57.9 Å². The van der Waals surface area contributed by atoms with Crippen molar-refractivity contribution in [2.45, 2.75) is 23.3 Å². The molecule has 0 spiro atoms. The van der Waals surface area contributed by atoms with Crippen molar-refractivity contribution in [3.05, 3.63) is 71.8 Å². The first-order valence-corrected chi connectivity index (χ1v) is 12.2. The summed E-state index contributed by atoms with van der Waals surface area (Å²) in [5.41, 5.74) is 1.22. The van der Waals surface area contributed by atoms with Crippen molar-refractivity contribution in [1.82, 2.24) is 19.6 Å². The molecule has 2 aromatic rings. The highest BCUT2D eigenvalue weighted by molar-refractivity contribution is 6.01. The summed E-state index contributed by atoms with van der Waals surface area (Å²) in [6.45, 7) is 9.67. The summed E-state index contributed by atoms with van der Waals surface area (Å²) in [5.74, 6) is 0.403. The zero-order chi connectivity index (χ0) is 23.3. The van der Waals surface area contributed by atoms with Crippen LogP contribution in [0.3, 0.4) is 0 Å². The Hall–Kier alpha value is -2.05. The van der Waals surface area contributed by atoms with Crippen LogP contribution in [-0.2, 0) is 15.6 Å². The van der Waals surface area contributed by atoms with Crippen molar-refractivity contribution in [3.63, 3.8) is 0 Å². The van der Waals surface area contributed by atoms with Crippen LogP contribution in [0.5, 0.6) is 0 Å². The zero-order valence-corrected chi connectivity index (χ0v) is 20.6. The number of likely N-dealkylation sites (tertiary alicyclic amines) is 2. The fourth-order valence-electron chi connectivity index (χ4n) is 6.97. The zero-order valence-electron chi connectivity index (χ0n) is 20.6. The van der Waals surface area contributed by atoms with Gasteiger partial charge < -0.3 is 14.7 Å². The van der Waals surface area contributed by atoms with Crippen LogP contribution in [0.4, 0.5) is 0 Å². The van der Waals surface area contributed by atoms with E-state index in [0.29, 0.717) is 5.78 Å². The van der Waals surface area contributed by atoms with Crippen molar-refractivity contribution in [3.8, 4) is 0 Å². The fraction of sp³-hybridized carbons (Fsp3) is 0.536. The number of Topliss-reactive ketones (excluding diaryl/α,β-unsaturated/α-hetero) is 1. The summed E-state index contributed by atoms with van der Waals surface area (Å²) >= 11 is 0. The second kappa shape index (κ2) is 8.31. The molecule has 3 heterocycles. The van der Waals surface area contributed by atoms with E-state index in [-0.39, 0.29) is 5.54 Å². The van der Waals surface area contributed by atoms with Gasteiger partial charge in [-0.15, -0.1) is 0 Å². The molecule has 0 aliphatic carbocycles. The first-order valence-electron chi connectivity index (χ1n) is 12.2. The first kappa shape index (κ1) is 22.7. The number of piperidine rings is 2. The Morgan fingerprint density at radius 1 is 0.606 bits per heavy atom. The summed E-state index contributed by atoms with van der Waals surface area (Å²) in [5, 5.41) is 0. The van der Waals surface area contributed by atoms with Crippen LogP contribution in [0.15, 0.2) is 60.7 Å². The number of carbonyl (C=O) groups is 1. The van der Waals surface area contributed by atoms with E-state index in [1.807, 2.05) is 0 Å². The quantitative estimate of drug-likeness (QED) is 0.722. The van der Waals surface area contributed by atoms with E-state index in [1.54, 1.807) is 0 Å². The van der Waals surface area contributed by atoms with Gasteiger partial charge in [-0.2, -0.15) is 0 Å². The molecule has 0 N–H and O–H groups in total. The summed E-state index contributed by atoms with van der Waals surface area (Å²) in [6.07, 6.45) is 0. The predicted molar refractivity (Wildman–Crippen MR) is 134 cm³/mol. The third-order valence-corrected chi connectivity index (χ3v) is 8.37. The molecule has 5 nitrogen and oxygen atoms in total. The lowest BCUT2D eigenvalue weighted by molar-refractivity contribution is -0.148. The first-order chi connectivity index (χ1) is 15.8. The lowest BCUT2D eigenvalue weighted by Crippen LogP contribution is -2.76. The molecule has 0 radical (unpaired) electrons. The third kappa shape index (κ3) is 3.75.